The zero-order valence-corrected chi connectivity index (χ0v) is 15.8. The van der Waals surface area contributed by atoms with Crippen LogP contribution in [0.2, 0.25) is 5.02 Å². The lowest BCUT2D eigenvalue weighted by Gasteiger charge is -2.14. The van der Waals surface area contributed by atoms with Crippen LogP contribution in [0.25, 0.3) is 22.3 Å². The number of hydrogen-bond acceptors (Lipinski definition) is 5. The molecule has 140 valence electrons. The van der Waals surface area contributed by atoms with Crippen LogP contribution in [-0.2, 0) is 4.79 Å². The highest BCUT2D eigenvalue weighted by Gasteiger charge is 2.23. The number of tetrazole rings is 1. The largest absolute Gasteiger partial charge is 0.322 e. The highest BCUT2D eigenvalue weighted by atomic mass is 35.5. The third-order valence-electron chi connectivity index (χ3n) is 4.39. The molecule has 0 aliphatic carbocycles. The Morgan fingerprint density at radius 3 is 2.71 bits per heavy atom. The minimum atomic E-state index is -0.590. The molecular formula is C20H17ClN6O. The van der Waals surface area contributed by atoms with Crippen molar-refractivity contribution in [1.82, 2.24) is 25.2 Å². The van der Waals surface area contributed by atoms with E-state index in [9.17, 15) is 4.79 Å². The first-order valence-corrected chi connectivity index (χ1v) is 9.23. The fraction of sp³-hybridized carbons (Fsp3) is 0.150. The van der Waals surface area contributed by atoms with Gasteiger partial charge in [0.1, 0.15) is 0 Å². The zero-order chi connectivity index (χ0) is 19.5. The van der Waals surface area contributed by atoms with Crippen LogP contribution < -0.4 is 5.32 Å². The number of carbonyl (C=O) groups excluding carboxylic acids is 1. The number of fused-ring (bicyclic) bond motifs is 1. The number of hydrogen-bond donors (Lipinski definition) is 1. The summed E-state index contributed by atoms with van der Waals surface area (Å²) in [5.41, 5.74) is 2.17. The molecule has 28 heavy (non-hydrogen) atoms. The number of para-hydroxylation sites is 1. The van der Waals surface area contributed by atoms with E-state index in [2.05, 4.69) is 25.7 Å². The lowest BCUT2D eigenvalue weighted by molar-refractivity contribution is -0.119. The van der Waals surface area contributed by atoms with Crippen LogP contribution in [-0.4, -0.2) is 31.1 Å². The molecule has 0 fully saturated rings. The minimum absolute atomic E-state index is 0.222. The lowest BCUT2D eigenvalue weighted by Crippen LogP contribution is -2.27. The molecule has 1 unspecified atom stereocenters. The normalized spacial score (nSPS) is 12.1. The smallest absolute Gasteiger partial charge is 0.251 e. The molecule has 7 nitrogen and oxygen atoms in total. The van der Waals surface area contributed by atoms with Crippen LogP contribution in [0.4, 0.5) is 5.69 Å². The van der Waals surface area contributed by atoms with Crippen molar-refractivity contribution in [3.05, 3.63) is 65.8 Å². The fourth-order valence-corrected chi connectivity index (χ4v) is 3.07. The van der Waals surface area contributed by atoms with Gasteiger partial charge in [0.05, 0.1) is 11.2 Å². The number of benzene rings is 2. The third-order valence-corrected chi connectivity index (χ3v) is 4.64. The summed E-state index contributed by atoms with van der Waals surface area (Å²) in [7, 11) is 0. The minimum Gasteiger partial charge on any atom is -0.322 e. The van der Waals surface area contributed by atoms with Crippen LogP contribution in [0, 0.1) is 0 Å². The molecule has 8 heteroatoms. The van der Waals surface area contributed by atoms with Gasteiger partial charge in [-0.25, -0.2) is 0 Å². The van der Waals surface area contributed by atoms with E-state index >= 15 is 0 Å². The van der Waals surface area contributed by atoms with Crippen molar-refractivity contribution in [2.24, 2.45) is 0 Å². The third kappa shape index (κ3) is 3.57. The van der Waals surface area contributed by atoms with Crippen molar-refractivity contribution in [3.8, 4) is 11.4 Å². The van der Waals surface area contributed by atoms with Gasteiger partial charge in [-0.05, 0) is 48.0 Å². The van der Waals surface area contributed by atoms with E-state index in [0.717, 1.165) is 16.5 Å². The lowest BCUT2D eigenvalue weighted by atomic mass is 10.1. The molecule has 0 saturated carbocycles. The molecule has 0 bridgehead atoms. The monoisotopic (exact) mass is 392 g/mol. The second-order valence-corrected chi connectivity index (χ2v) is 6.67. The molecule has 0 radical (unpaired) electrons. The van der Waals surface area contributed by atoms with Gasteiger partial charge >= 0.3 is 0 Å². The van der Waals surface area contributed by atoms with Gasteiger partial charge in [-0.3, -0.25) is 9.78 Å². The molecule has 4 aromatic rings. The number of rotatable bonds is 5. The number of anilines is 1. The molecular weight excluding hydrogens is 376 g/mol. The molecule has 0 aliphatic heterocycles. The maximum absolute atomic E-state index is 12.9. The molecule has 1 N–H and O–H groups in total. The van der Waals surface area contributed by atoms with E-state index in [1.54, 1.807) is 18.3 Å². The van der Waals surface area contributed by atoms with Crippen LogP contribution in [0.15, 0.2) is 60.8 Å². The average molecular weight is 393 g/mol. The van der Waals surface area contributed by atoms with Gasteiger partial charge in [-0.1, -0.05) is 36.7 Å². The van der Waals surface area contributed by atoms with Gasteiger partial charge in [0.2, 0.25) is 5.82 Å². The van der Waals surface area contributed by atoms with E-state index in [1.807, 2.05) is 49.4 Å². The van der Waals surface area contributed by atoms with Crippen molar-refractivity contribution in [2.45, 2.75) is 19.4 Å². The van der Waals surface area contributed by atoms with E-state index < -0.39 is 6.04 Å². The highest BCUT2D eigenvalue weighted by Crippen LogP contribution is 2.23. The summed E-state index contributed by atoms with van der Waals surface area (Å²) >= 11 is 5.92. The zero-order valence-electron chi connectivity index (χ0n) is 15.1. The highest BCUT2D eigenvalue weighted by molar-refractivity contribution is 6.30. The van der Waals surface area contributed by atoms with E-state index in [0.29, 0.717) is 23.0 Å². The number of nitrogens with one attached hydrogen (secondary N) is 1. The van der Waals surface area contributed by atoms with Crippen molar-refractivity contribution in [3.63, 3.8) is 0 Å². The number of nitrogens with zero attached hydrogens (tertiary/aromatic N) is 5. The van der Waals surface area contributed by atoms with Gasteiger partial charge < -0.3 is 5.32 Å². The van der Waals surface area contributed by atoms with Gasteiger partial charge in [0.15, 0.2) is 6.04 Å². The quantitative estimate of drug-likeness (QED) is 0.551. The Labute approximate surface area is 166 Å². The Hall–Kier alpha value is -3.32. The number of pyridine rings is 1. The maximum Gasteiger partial charge on any atom is 0.251 e. The number of halogens is 1. The summed E-state index contributed by atoms with van der Waals surface area (Å²) in [4.78, 5) is 18.6. The summed E-state index contributed by atoms with van der Waals surface area (Å²) in [5, 5.41) is 17.1. The fourth-order valence-electron chi connectivity index (χ4n) is 2.95. The number of carbonyl (C=O) groups is 1. The van der Waals surface area contributed by atoms with Crippen molar-refractivity contribution < 1.29 is 4.79 Å². The molecule has 0 aliphatic rings. The predicted octanol–water partition coefficient (Wildman–Crippen LogP) is 4.13. The first-order valence-electron chi connectivity index (χ1n) is 8.86. The Kier molecular flexibility index (Phi) is 4.99. The molecule has 2 aromatic heterocycles. The van der Waals surface area contributed by atoms with E-state index in [1.165, 1.54) is 4.80 Å². The number of amides is 1. The van der Waals surface area contributed by atoms with Crippen molar-refractivity contribution >= 4 is 34.1 Å². The summed E-state index contributed by atoms with van der Waals surface area (Å²) < 4.78 is 0. The van der Waals surface area contributed by atoms with Crippen molar-refractivity contribution in [1.29, 1.82) is 0 Å². The van der Waals surface area contributed by atoms with Gasteiger partial charge in [-0.15, -0.1) is 10.2 Å². The molecule has 2 aromatic carbocycles. The molecule has 0 saturated heterocycles. The molecule has 2 heterocycles. The van der Waals surface area contributed by atoms with Crippen molar-refractivity contribution in [2.75, 3.05) is 5.32 Å². The maximum atomic E-state index is 12.9. The topological polar surface area (TPSA) is 85.6 Å². The second kappa shape index (κ2) is 7.74. The van der Waals surface area contributed by atoms with E-state index in [4.69, 9.17) is 11.6 Å². The predicted molar refractivity (Wildman–Crippen MR) is 108 cm³/mol. The summed E-state index contributed by atoms with van der Waals surface area (Å²) in [6, 6.07) is 16.0. The van der Waals surface area contributed by atoms with Crippen LogP contribution in [0.3, 0.4) is 0 Å². The second-order valence-electron chi connectivity index (χ2n) is 6.23. The summed E-state index contributed by atoms with van der Waals surface area (Å²) in [5.74, 6) is 0.218. The first-order chi connectivity index (χ1) is 13.7. The van der Waals surface area contributed by atoms with Gasteiger partial charge in [0.25, 0.3) is 5.91 Å². The van der Waals surface area contributed by atoms with Gasteiger partial charge in [0, 0.05) is 22.2 Å². The Morgan fingerprint density at radius 1 is 1.14 bits per heavy atom. The first kappa shape index (κ1) is 18.1. The number of aromatic nitrogens is 5. The van der Waals surface area contributed by atoms with Crippen LogP contribution >= 0.6 is 11.6 Å². The average Bonchev–Trinajstić information content (AvgIpc) is 3.19. The Bertz CT molecular complexity index is 1120. The molecule has 1 amide bonds. The molecule has 0 spiro atoms. The Morgan fingerprint density at radius 2 is 1.93 bits per heavy atom. The summed E-state index contributed by atoms with van der Waals surface area (Å²) in [6.45, 7) is 1.90. The van der Waals surface area contributed by atoms with Gasteiger partial charge in [-0.2, -0.15) is 4.80 Å². The Balaban J connectivity index is 1.58. The van der Waals surface area contributed by atoms with Crippen LogP contribution in [0.1, 0.15) is 19.4 Å². The van der Waals surface area contributed by atoms with Crippen LogP contribution in [0.5, 0.6) is 0 Å². The molecule has 4 rings (SSSR count). The SMILES string of the molecule is CCC(C(=O)Nc1cccc2cccnc12)n1nnc(-c2ccc(Cl)cc2)n1. The standard InChI is InChI=1S/C20H17ClN6O/c1-2-17(27-25-19(24-26-27)14-8-10-15(21)11-9-14)20(28)23-16-7-3-5-13-6-4-12-22-18(13)16/h3-12,17H,2H2,1H3,(H,23,28). The molecule has 1 atom stereocenters. The van der Waals surface area contributed by atoms with E-state index in [-0.39, 0.29) is 5.91 Å². The summed E-state index contributed by atoms with van der Waals surface area (Å²) in [6.07, 6.45) is 2.22.